The lowest BCUT2D eigenvalue weighted by atomic mass is 9.99. The molecule has 2 aliphatic heterocycles. The summed E-state index contributed by atoms with van der Waals surface area (Å²) in [5.74, 6) is 0.516. The van der Waals surface area contributed by atoms with Gasteiger partial charge in [0.15, 0.2) is 0 Å². The SMILES string of the molecule is COc1ccc(CNC(=O)c2ccc(N3C(=O)C=C(N4CCC(C)CC4)C3=O)cc2)cc1. The number of ether oxygens (including phenoxy) is 1. The first-order valence-electron chi connectivity index (χ1n) is 10.8. The molecule has 4 rings (SSSR count). The molecule has 0 radical (unpaired) electrons. The van der Waals surface area contributed by atoms with Crippen LogP contribution in [-0.2, 0) is 16.1 Å². The quantitative estimate of drug-likeness (QED) is 0.709. The summed E-state index contributed by atoms with van der Waals surface area (Å²) < 4.78 is 5.13. The zero-order valence-corrected chi connectivity index (χ0v) is 18.3. The van der Waals surface area contributed by atoms with Crippen LogP contribution in [0.15, 0.2) is 60.3 Å². The molecule has 2 aliphatic rings. The van der Waals surface area contributed by atoms with Crippen LogP contribution in [0.2, 0.25) is 0 Å². The molecule has 32 heavy (non-hydrogen) atoms. The smallest absolute Gasteiger partial charge is 0.281 e. The maximum atomic E-state index is 12.9. The number of hydrogen-bond donors (Lipinski definition) is 1. The fourth-order valence-corrected chi connectivity index (χ4v) is 3.97. The summed E-state index contributed by atoms with van der Waals surface area (Å²) in [6.45, 7) is 4.16. The molecule has 1 saturated heterocycles. The van der Waals surface area contributed by atoms with E-state index in [1.807, 2.05) is 29.2 Å². The van der Waals surface area contributed by atoms with Crippen LogP contribution in [0.5, 0.6) is 5.75 Å². The van der Waals surface area contributed by atoms with E-state index in [0.717, 1.165) is 37.2 Å². The predicted molar refractivity (Wildman–Crippen MR) is 121 cm³/mol. The van der Waals surface area contributed by atoms with Crippen LogP contribution in [0.3, 0.4) is 0 Å². The number of benzene rings is 2. The number of rotatable bonds is 6. The van der Waals surface area contributed by atoms with Gasteiger partial charge in [0.2, 0.25) is 0 Å². The van der Waals surface area contributed by atoms with E-state index in [-0.39, 0.29) is 17.7 Å². The van der Waals surface area contributed by atoms with Crippen LogP contribution in [0, 0.1) is 5.92 Å². The number of nitrogens with zero attached hydrogens (tertiary/aromatic N) is 2. The fourth-order valence-electron chi connectivity index (χ4n) is 3.97. The van der Waals surface area contributed by atoms with Gasteiger partial charge in [0, 0.05) is 31.3 Å². The summed E-state index contributed by atoms with van der Waals surface area (Å²) >= 11 is 0. The minimum absolute atomic E-state index is 0.229. The van der Waals surface area contributed by atoms with E-state index in [1.165, 1.54) is 11.0 Å². The van der Waals surface area contributed by atoms with Gasteiger partial charge in [-0.1, -0.05) is 19.1 Å². The molecular weight excluding hydrogens is 406 g/mol. The lowest BCUT2D eigenvalue weighted by molar-refractivity contribution is -0.121. The lowest BCUT2D eigenvalue weighted by Crippen LogP contribution is -2.38. The summed E-state index contributed by atoms with van der Waals surface area (Å²) in [6, 6.07) is 14.0. The van der Waals surface area contributed by atoms with Crippen LogP contribution in [0.1, 0.15) is 35.7 Å². The Hall–Kier alpha value is -3.61. The van der Waals surface area contributed by atoms with E-state index in [9.17, 15) is 14.4 Å². The fraction of sp³-hybridized carbons (Fsp3) is 0.320. The van der Waals surface area contributed by atoms with Gasteiger partial charge in [0.25, 0.3) is 17.7 Å². The Labute approximate surface area is 187 Å². The van der Waals surface area contributed by atoms with Gasteiger partial charge in [0.05, 0.1) is 12.8 Å². The molecule has 0 unspecified atom stereocenters. The van der Waals surface area contributed by atoms with E-state index in [0.29, 0.717) is 29.4 Å². The summed E-state index contributed by atoms with van der Waals surface area (Å²) in [5.41, 5.74) is 2.33. The van der Waals surface area contributed by atoms with Gasteiger partial charge in [-0.25, -0.2) is 4.90 Å². The molecule has 0 aliphatic carbocycles. The minimum atomic E-state index is -0.347. The van der Waals surface area contributed by atoms with Gasteiger partial charge in [-0.15, -0.1) is 0 Å². The molecule has 0 atom stereocenters. The lowest BCUT2D eigenvalue weighted by Gasteiger charge is -2.32. The van der Waals surface area contributed by atoms with Crippen molar-refractivity contribution in [3.05, 3.63) is 71.4 Å². The molecule has 7 nitrogen and oxygen atoms in total. The van der Waals surface area contributed by atoms with Gasteiger partial charge in [-0.3, -0.25) is 14.4 Å². The number of hydrogen-bond acceptors (Lipinski definition) is 5. The molecule has 2 heterocycles. The Morgan fingerprint density at radius 3 is 2.31 bits per heavy atom. The van der Waals surface area contributed by atoms with E-state index in [1.54, 1.807) is 31.4 Å². The van der Waals surface area contributed by atoms with Crippen molar-refractivity contribution in [2.75, 3.05) is 25.1 Å². The highest BCUT2D eigenvalue weighted by atomic mass is 16.5. The first kappa shape index (κ1) is 21.6. The van der Waals surface area contributed by atoms with Crippen molar-refractivity contribution in [2.24, 2.45) is 5.92 Å². The van der Waals surface area contributed by atoms with E-state index >= 15 is 0 Å². The van der Waals surface area contributed by atoms with Crippen LogP contribution < -0.4 is 15.0 Å². The van der Waals surface area contributed by atoms with Crippen molar-refractivity contribution in [1.29, 1.82) is 0 Å². The monoisotopic (exact) mass is 433 g/mol. The van der Waals surface area contributed by atoms with Gasteiger partial charge in [-0.05, 0) is 60.7 Å². The Bertz CT molecular complexity index is 1040. The highest BCUT2D eigenvalue weighted by Gasteiger charge is 2.36. The van der Waals surface area contributed by atoms with Crippen molar-refractivity contribution in [3.8, 4) is 5.75 Å². The zero-order chi connectivity index (χ0) is 22.7. The maximum Gasteiger partial charge on any atom is 0.281 e. The number of anilines is 1. The highest BCUT2D eigenvalue weighted by Crippen LogP contribution is 2.28. The predicted octanol–water partition coefficient (Wildman–Crippen LogP) is 3.11. The van der Waals surface area contributed by atoms with Crippen LogP contribution in [0.4, 0.5) is 5.69 Å². The summed E-state index contributed by atoms with van der Waals surface area (Å²) in [5, 5.41) is 2.87. The van der Waals surface area contributed by atoms with E-state index in [2.05, 4.69) is 12.2 Å². The second-order valence-electron chi connectivity index (χ2n) is 8.26. The number of imide groups is 1. The van der Waals surface area contributed by atoms with Crippen molar-refractivity contribution in [1.82, 2.24) is 10.2 Å². The zero-order valence-electron chi connectivity index (χ0n) is 18.3. The largest absolute Gasteiger partial charge is 0.497 e. The molecule has 0 aromatic heterocycles. The summed E-state index contributed by atoms with van der Waals surface area (Å²) in [7, 11) is 1.61. The molecule has 0 bridgehead atoms. The number of likely N-dealkylation sites (tertiary alicyclic amines) is 1. The molecular formula is C25H27N3O4. The van der Waals surface area contributed by atoms with Crippen molar-refractivity contribution >= 4 is 23.4 Å². The molecule has 1 N–H and O–H groups in total. The van der Waals surface area contributed by atoms with Gasteiger partial charge in [-0.2, -0.15) is 0 Å². The van der Waals surface area contributed by atoms with E-state index < -0.39 is 0 Å². The van der Waals surface area contributed by atoms with Crippen molar-refractivity contribution in [2.45, 2.75) is 26.3 Å². The second kappa shape index (κ2) is 9.26. The number of piperidine rings is 1. The first-order valence-corrected chi connectivity index (χ1v) is 10.8. The minimum Gasteiger partial charge on any atom is -0.497 e. The maximum absolute atomic E-state index is 12.9. The average molecular weight is 434 g/mol. The molecule has 3 amide bonds. The third-order valence-corrected chi connectivity index (χ3v) is 6.03. The Morgan fingerprint density at radius 2 is 1.69 bits per heavy atom. The number of carbonyl (C=O) groups excluding carboxylic acids is 3. The van der Waals surface area contributed by atoms with Gasteiger partial charge >= 0.3 is 0 Å². The number of nitrogens with one attached hydrogen (secondary N) is 1. The molecule has 166 valence electrons. The Kier molecular flexibility index (Phi) is 6.25. The highest BCUT2D eigenvalue weighted by molar-refractivity contribution is 6.30. The standard InChI is InChI=1S/C25H27N3O4/c1-17-11-13-27(14-12-17)22-15-23(29)28(25(22)31)20-7-5-19(6-8-20)24(30)26-16-18-3-9-21(32-2)10-4-18/h3-10,15,17H,11-14,16H2,1-2H3,(H,26,30). The Morgan fingerprint density at radius 1 is 1.03 bits per heavy atom. The molecule has 0 saturated carbocycles. The van der Waals surface area contributed by atoms with Crippen molar-refractivity contribution < 1.29 is 19.1 Å². The third-order valence-electron chi connectivity index (χ3n) is 6.03. The van der Waals surface area contributed by atoms with Crippen LogP contribution >= 0.6 is 0 Å². The first-order chi connectivity index (χ1) is 15.5. The summed E-state index contributed by atoms with van der Waals surface area (Å²) in [4.78, 5) is 41.1. The van der Waals surface area contributed by atoms with E-state index in [4.69, 9.17) is 4.74 Å². The number of methoxy groups -OCH3 is 1. The van der Waals surface area contributed by atoms with Gasteiger partial charge in [0.1, 0.15) is 11.4 Å². The molecule has 2 aromatic carbocycles. The summed E-state index contributed by atoms with van der Waals surface area (Å²) in [6.07, 6.45) is 3.45. The van der Waals surface area contributed by atoms with Crippen molar-refractivity contribution in [3.63, 3.8) is 0 Å². The number of carbonyl (C=O) groups is 3. The Balaban J connectivity index is 1.38. The normalized spacial score (nSPS) is 16.9. The molecule has 2 aromatic rings. The average Bonchev–Trinajstić information content (AvgIpc) is 3.12. The van der Waals surface area contributed by atoms with Gasteiger partial charge < -0.3 is 15.0 Å². The third kappa shape index (κ3) is 4.51. The topological polar surface area (TPSA) is 79.0 Å². The molecule has 1 fully saturated rings. The molecule has 0 spiro atoms. The molecule has 7 heteroatoms. The van der Waals surface area contributed by atoms with Crippen LogP contribution in [0.25, 0.3) is 0 Å². The number of amides is 3. The van der Waals surface area contributed by atoms with Crippen LogP contribution in [-0.4, -0.2) is 42.8 Å². The second-order valence-corrected chi connectivity index (χ2v) is 8.26.